The molecule has 0 spiro atoms. The van der Waals surface area contributed by atoms with Gasteiger partial charge in [0.1, 0.15) is 10.7 Å². The molecule has 0 aromatic carbocycles. The molecule has 0 bridgehead atoms. The standard InChI is InChI=1S/C15H24N4O3S/c1-8(20)10-12(16)18-13(23-10)17-9-6-5-7-19(14(21)22)11(9)15(2,3)4/h9,11H,5-7,16H2,1-4H3,(H,17,18)(H,21,22). The average Bonchev–Trinajstić information content (AvgIpc) is 2.78. The minimum absolute atomic E-state index is 0.0646. The zero-order valence-corrected chi connectivity index (χ0v) is 14.7. The number of nitrogen functional groups attached to an aromatic ring is 1. The number of rotatable bonds is 3. The lowest BCUT2D eigenvalue weighted by Gasteiger charge is -2.46. The summed E-state index contributed by atoms with van der Waals surface area (Å²) < 4.78 is 0. The second-order valence-corrected chi connectivity index (χ2v) is 7.97. The van der Waals surface area contributed by atoms with Crippen molar-refractivity contribution in [2.75, 3.05) is 17.6 Å². The highest BCUT2D eigenvalue weighted by molar-refractivity contribution is 7.18. The summed E-state index contributed by atoms with van der Waals surface area (Å²) in [4.78, 5) is 29.2. The molecule has 128 valence electrons. The highest BCUT2D eigenvalue weighted by Crippen LogP contribution is 2.35. The lowest BCUT2D eigenvalue weighted by Crippen LogP contribution is -2.58. The van der Waals surface area contributed by atoms with Gasteiger partial charge in [0, 0.05) is 19.5 Å². The SMILES string of the molecule is CC(=O)c1sc(NC2CCCN(C(=O)O)C2C(C)(C)C)nc1N. The Bertz CT molecular complexity index is 608. The number of carboxylic acid groups (broad SMARTS) is 1. The van der Waals surface area contributed by atoms with E-state index in [1.807, 2.05) is 20.8 Å². The number of carbonyl (C=O) groups is 2. The number of nitrogens with two attached hydrogens (primary N) is 1. The van der Waals surface area contributed by atoms with Crippen molar-refractivity contribution < 1.29 is 14.7 Å². The summed E-state index contributed by atoms with van der Waals surface area (Å²) in [5, 5.41) is 13.4. The van der Waals surface area contributed by atoms with E-state index in [1.165, 1.54) is 23.2 Å². The van der Waals surface area contributed by atoms with Crippen LogP contribution in [-0.4, -0.2) is 45.5 Å². The van der Waals surface area contributed by atoms with Gasteiger partial charge in [0.2, 0.25) is 0 Å². The molecule has 2 heterocycles. The zero-order chi connectivity index (χ0) is 17.4. The highest BCUT2D eigenvalue weighted by Gasteiger charge is 2.42. The van der Waals surface area contributed by atoms with Crippen molar-refractivity contribution in [1.82, 2.24) is 9.88 Å². The van der Waals surface area contributed by atoms with Crippen molar-refractivity contribution in [3.05, 3.63) is 4.88 Å². The number of nitrogens with zero attached hydrogens (tertiary/aromatic N) is 2. The number of hydrogen-bond acceptors (Lipinski definition) is 6. The maximum Gasteiger partial charge on any atom is 0.407 e. The van der Waals surface area contributed by atoms with Gasteiger partial charge in [-0.05, 0) is 18.3 Å². The van der Waals surface area contributed by atoms with Crippen LogP contribution in [0.25, 0.3) is 0 Å². The fraction of sp³-hybridized carbons (Fsp3) is 0.667. The van der Waals surface area contributed by atoms with Crippen LogP contribution in [0.4, 0.5) is 15.7 Å². The van der Waals surface area contributed by atoms with E-state index in [0.717, 1.165) is 12.8 Å². The zero-order valence-electron chi connectivity index (χ0n) is 13.9. The van der Waals surface area contributed by atoms with Gasteiger partial charge in [-0.2, -0.15) is 0 Å². The van der Waals surface area contributed by atoms with Crippen molar-refractivity contribution >= 4 is 34.2 Å². The first-order chi connectivity index (χ1) is 10.6. The number of anilines is 2. The Morgan fingerprint density at radius 2 is 2.09 bits per heavy atom. The van der Waals surface area contributed by atoms with Crippen LogP contribution in [0.15, 0.2) is 0 Å². The van der Waals surface area contributed by atoms with Gasteiger partial charge < -0.3 is 21.1 Å². The van der Waals surface area contributed by atoms with Gasteiger partial charge >= 0.3 is 6.09 Å². The van der Waals surface area contributed by atoms with Crippen LogP contribution < -0.4 is 11.1 Å². The van der Waals surface area contributed by atoms with E-state index in [1.54, 1.807) is 0 Å². The molecule has 1 saturated heterocycles. The second-order valence-electron chi connectivity index (χ2n) is 6.97. The summed E-state index contributed by atoms with van der Waals surface area (Å²) in [5.74, 6) is 0.111. The van der Waals surface area contributed by atoms with E-state index in [9.17, 15) is 14.7 Å². The Morgan fingerprint density at radius 1 is 1.43 bits per heavy atom. The first-order valence-corrected chi connectivity index (χ1v) is 8.46. The number of likely N-dealkylation sites (tertiary alicyclic amines) is 1. The fourth-order valence-electron chi connectivity index (χ4n) is 3.24. The molecule has 0 saturated carbocycles. The van der Waals surface area contributed by atoms with Crippen molar-refractivity contribution in [2.24, 2.45) is 5.41 Å². The molecule has 0 aliphatic carbocycles. The van der Waals surface area contributed by atoms with E-state index in [0.29, 0.717) is 16.6 Å². The van der Waals surface area contributed by atoms with Crippen LogP contribution in [-0.2, 0) is 0 Å². The third-order valence-corrected chi connectivity index (χ3v) is 5.15. The molecule has 1 aliphatic rings. The molecule has 7 nitrogen and oxygen atoms in total. The largest absolute Gasteiger partial charge is 0.465 e. The predicted molar refractivity (Wildman–Crippen MR) is 91.1 cm³/mol. The molecule has 2 unspecified atom stereocenters. The molecular weight excluding hydrogens is 316 g/mol. The number of piperidine rings is 1. The molecule has 1 fully saturated rings. The lowest BCUT2D eigenvalue weighted by atomic mass is 9.78. The number of thiazole rings is 1. The monoisotopic (exact) mass is 340 g/mol. The van der Waals surface area contributed by atoms with Crippen LogP contribution in [0.3, 0.4) is 0 Å². The van der Waals surface area contributed by atoms with Crippen LogP contribution in [0.1, 0.15) is 50.2 Å². The molecule has 2 atom stereocenters. The third kappa shape index (κ3) is 3.74. The summed E-state index contributed by atoms with van der Waals surface area (Å²) in [6.07, 6.45) is 0.733. The number of amides is 1. The van der Waals surface area contributed by atoms with Crippen LogP contribution in [0.5, 0.6) is 0 Å². The van der Waals surface area contributed by atoms with Crippen LogP contribution in [0.2, 0.25) is 0 Å². The Balaban J connectivity index is 2.27. The first-order valence-electron chi connectivity index (χ1n) is 7.64. The number of Topliss-reactive ketones (excluding diaryl/α,β-unsaturated/α-hetero) is 1. The Kier molecular flexibility index (Phi) is 4.84. The molecule has 23 heavy (non-hydrogen) atoms. The topological polar surface area (TPSA) is 109 Å². The first kappa shape index (κ1) is 17.5. The Hall–Kier alpha value is -1.83. The molecule has 0 radical (unpaired) electrons. The lowest BCUT2D eigenvalue weighted by molar-refractivity contribution is 0.0519. The van der Waals surface area contributed by atoms with E-state index in [2.05, 4.69) is 10.3 Å². The minimum Gasteiger partial charge on any atom is -0.465 e. The molecule has 1 aromatic heterocycles. The van der Waals surface area contributed by atoms with Crippen molar-refractivity contribution in [3.8, 4) is 0 Å². The van der Waals surface area contributed by atoms with E-state index in [4.69, 9.17) is 5.73 Å². The van der Waals surface area contributed by atoms with E-state index in [-0.39, 0.29) is 29.1 Å². The molecular formula is C15H24N4O3S. The molecule has 1 aliphatic heterocycles. The fourth-order valence-corrected chi connectivity index (χ4v) is 4.08. The predicted octanol–water partition coefficient (Wildman–Crippen LogP) is 2.90. The van der Waals surface area contributed by atoms with E-state index < -0.39 is 6.09 Å². The quantitative estimate of drug-likeness (QED) is 0.730. The summed E-state index contributed by atoms with van der Waals surface area (Å²) in [5.41, 5.74) is 5.56. The summed E-state index contributed by atoms with van der Waals surface area (Å²) in [6.45, 7) is 8.09. The van der Waals surface area contributed by atoms with Crippen LogP contribution >= 0.6 is 11.3 Å². The molecule has 1 aromatic rings. The summed E-state index contributed by atoms with van der Waals surface area (Å²) >= 11 is 1.22. The number of nitrogens with one attached hydrogen (secondary N) is 1. The van der Waals surface area contributed by atoms with Crippen molar-refractivity contribution in [1.29, 1.82) is 0 Å². The summed E-state index contributed by atoms with van der Waals surface area (Å²) in [7, 11) is 0. The van der Waals surface area contributed by atoms with Gasteiger partial charge in [0.25, 0.3) is 0 Å². The number of carbonyl (C=O) groups excluding carboxylic acids is 1. The van der Waals surface area contributed by atoms with Gasteiger partial charge in [-0.3, -0.25) is 4.79 Å². The maximum absolute atomic E-state index is 11.6. The van der Waals surface area contributed by atoms with Gasteiger partial charge in [-0.15, -0.1) is 0 Å². The summed E-state index contributed by atoms with van der Waals surface area (Å²) in [6, 6.07) is -0.245. The maximum atomic E-state index is 11.6. The van der Waals surface area contributed by atoms with Gasteiger partial charge in [-0.1, -0.05) is 32.1 Å². The average molecular weight is 340 g/mol. The number of aromatic nitrogens is 1. The number of hydrogen-bond donors (Lipinski definition) is 3. The Labute approximate surface area is 139 Å². The Morgan fingerprint density at radius 3 is 2.57 bits per heavy atom. The number of ketones is 1. The van der Waals surface area contributed by atoms with Gasteiger partial charge in [0.05, 0.1) is 6.04 Å². The molecule has 4 N–H and O–H groups in total. The molecule has 1 amide bonds. The third-order valence-electron chi connectivity index (χ3n) is 4.05. The van der Waals surface area contributed by atoms with Crippen LogP contribution in [0, 0.1) is 5.41 Å². The minimum atomic E-state index is -0.903. The van der Waals surface area contributed by atoms with E-state index >= 15 is 0 Å². The highest BCUT2D eigenvalue weighted by atomic mass is 32.1. The second kappa shape index (κ2) is 6.35. The van der Waals surface area contributed by atoms with Crippen molar-refractivity contribution in [2.45, 2.75) is 52.6 Å². The van der Waals surface area contributed by atoms with Gasteiger partial charge in [-0.25, -0.2) is 9.78 Å². The van der Waals surface area contributed by atoms with Gasteiger partial charge in [0.15, 0.2) is 10.9 Å². The normalized spacial score (nSPS) is 22.0. The van der Waals surface area contributed by atoms with Crippen molar-refractivity contribution in [3.63, 3.8) is 0 Å². The molecule has 8 heteroatoms. The molecule has 2 rings (SSSR count). The smallest absolute Gasteiger partial charge is 0.407 e.